The zero-order valence-electron chi connectivity index (χ0n) is 11.0. The molecule has 3 heteroatoms. The lowest BCUT2D eigenvalue weighted by molar-refractivity contribution is -0.134. The van der Waals surface area contributed by atoms with E-state index in [9.17, 15) is 4.79 Å². The van der Waals surface area contributed by atoms with Crippen LogP contribution in [0.4, 0.5) is 0 Å². The topological polar surface area (TPSA) is 46.3 Å². The zero-order valence-corrected chi connectivity index (χ0v) is 11.0. The van der Waals surface area contributed by atoms with E-state index in [2.05, 4.69) is 6.92 Å². The van der Waals surface area contributed by atoms with Crippen molar-refractivity contribution in [1.29, 1.82) is 0 Å². The van der Waals surface area contributed by atoms with Gasteiger partial charge in [0.05, 0.1) is 6.04 Å². The van der Waals surface area contributed by atoms with Crippen molar-refractivity contribution in [3.05, 3.63) is 35.9 Å². The number of nitrogens with two attached hydrogens (primary N) is 1. The van der Waals surface area contributed by atoms with Crippen LogP contribution in [0, 0.1) is 5.92 Å². The van der Waals surface area contributed by atoms with E-state index >= 15 is 0 Å². The highest BCUT2D eigenvalue weighted by molar-refractivity contribution is 5.82. The molecule has 18 heavy (non-hydrogen) atoms. The van der Waals surface area contributed by atoms with Crippen LogP contribution in [-0.4, -0.2) is 29.9 Å². The number of hydrogen-bond donors (Lipinski definition) is 1. The van der Waals surface area contributed by atoms with Gasteiger partial charge in [-0.05, 0) is 30.7 Å². The number of carbonyl (C=O) groups is 1. The third-order valence-corrected chi connectivity index (χ3v) is 3.58. The Kier molecular flexibility index (Phi) is 4.37. The van der Waals surface area contributed by atoms with Crippen LogP contribution < -0.4 is 5.73 Å². The molecule has 3 nitrogen and oxygen atoms in total. The average Bonchev–Trinajstić information content (AvgIpc) is 2.39. The molecular weight excluding hydrogens is 224 g/mol. The monoisotopic (exact) mass is 246 g/mol. The van der Waals surface area contributed by atoms with Gasteiger partial charge in [0.2, 0.25) is 5.91 Å². The lowest BCUT2D eigenvalue weighted by atomic mass is 9.98. The van der Waals surface area contributed by atoms with Crippen molar-refractivity contribution in [2.45, 2.75) is 32.2 Å². The number of likely N-dealkylation sites (tertiary alicyclic amines) is 1. The van der Waals surface area contributed by atoms with Gasteiger partial charge in [-0.25, -0.2) is 0 Å². The number of nitrogens with zero attached hydrogens (tertiary/aromatic N) is 1. The van der Waals surface area contributed by atoms with Crippen LogP contribution in [0.25, 0.3) is 0 Å². The molecule has 1 fully saturated rings. The van der Waals surface area contributed by atoms with Gasteiger partial charge in [0, 0.05) is 13.1 Å². The third kappa shape index (κ3) is 3.33. The maximum Gasteiger partial charge on any atom is 0.239 e. The van der Waals surface area contributed by atoms with Gasteiger partial charge in [-0.1, -0.05) is 37.3 Å². The first-order valence-electron chi connectivity index (χ1n) is 6.75. The fourth-order valence-corrected chi connectivity index (χ4v) is 2.58. The van der Waals surface area contributed by atoms with Crippen molar-refractivity contribution >= 4 is 5.91 Å². The predicted molar refractivity (Wildman–Crippen MR) is 73.1 cm³/mol. The quantitative estimate of drug-likeness (QED) is 0.884. The smallest absolute Gasteiger partial charge is 0.239 e. The van der Waals surface area contributed by atoms with Crippen LogP contribution in [0.5, 0.6) is 0 Å². The normalized spacial score (nSPS) is 21.7. The Morgan fingerprint density at radius 3 is 2.83 bits per heavy atom. The van der Waals surface area contributed by atoms with Gasteiger partial charge in [0.1, 0.15) is 0 Å². The fourth-order valence-electron chi connectivity index (χ4n) is 2.58. The molecule has 2 N–H and O–H groups in total. The maximum atomic E-state index is 12.2. The van der Waals surface area contributed by atoms with E-state index in [4.69, 9.17) is 5.73 Å². The van der Waals surface area contributed by atoms with Crippen LogP contribution in [-0.2, 0) is 11.2 Å². The SMILES string of the molecule is C[C@H]1CCCN(C(=O)[C@H](N)Cc2ccccc2)C1. The van der Waals surface area contributed by atoms with Crippen molar-refractivity contribution in [3.8, 4) is 0 Å². The van der Waals surface area contributed by atoms with Crippen molar-refractivity contribution in [2.75, 3.05) is 13.1 Å². The number of benzene rings is 1. The molecule has 0 aliphatic carbocycles. The zero-order chi connectivity index (χ0) is 13.0. The van der Waals surface area contributed by atoms with Crippen molar-refractivity contribution in [3.63, 3.8) is 0 Å². The molecule has 0 spiro atoms. The van der Waals surface area contributed by atoms with Gasteiger partial charge < -0.3 is 10.6 Å². The van der Waals surface area contributed by atoms with Crippen molar-refractivity contribution < 1.29 is 4.79 Å². The van der Waals surface area contributed by atoms with E-state index in [-0.39, 0.29) is 5.91 Å². The molecule has 1 saturated heterocycles. The Labute approximate surface area is 109 Å². The highest BCUT2D eigenvalue weighted by Gasteiger charge is 2.25. The van der Waals surface area contributed by atoms with E-state index in [0.29, 0.717) is 12.3 Å². The summed E-state index contributed by atoms with van der Waals surface area (Å²) in [6.07, 6.45) is 2.95. The molecule has 0 saturated carbocycles. The molecule has 0 unspecified atom stereocenters. The summed E-state index contributed by atoms with van der Waals surface area (Å²) in [5.74, 6) is 0.706. The second-order valence-corrected chi connectivity index (χ2v) is 5.33. The summed E-state index contributed by atoms with van der Waals surface area (Å²) in [6, 6.07) is 9.57. The van der Waals surface area contributed by atoms with Crippen molar-refractivity contribution in [2.24, 2.45) is 11.7 Å². The predicted octanol–water partition coefficient (Wildman–Crippen LogP) is 1.81. The summed E-state index contributed by atoms with van der Waals surface area (Å²) < 4.78 is 0. The molecular formula is C15H22N2O. The Morgan fingerprint density at radius 1 is 1.44 bits per heavy atom. The molecule has 1 amide bonds. The number of carbonyl (C=O) groups excluding carboxylic acids is 1. The Hall–Kier alpha value is -1.35. The Morgan fingerprint density at radius 2 is 2.17 bits per heavy atom. The van der Waals surface area contributed by atoms with Gasteiger partial charge >= 0.3 is 0 Å². The van der Waals surface area contributed by atoms with Crippen LogP contribution in [0.3, 0.4) is 0 Å². The molecule has 0 bridgehead atoms. The first-order valence-corrected chi connectivity index (χ1v) is 6.75. The molecule has 0 aromatic heterocycles. The minimum Gasteiger partial charge on any atom is -0.341 e. The maximum absolute atomic E-state index is 12.2. The highest BCUT2D eigenvalue weighted by atomic mass is 16.2. The first-order chi connectivity index (χ1) is 8.66. The summed E-state index contributed by atoms with van der Waals surface area (Å²) >= 11 is 0. The summed E-state index contributed by atoms with van der Waals surface area (Å²) in [6.45, 7) is 3.93. The average molecular weight is 246 g/mol. The third-order valence-electron chi connectivity index (χ3n) is 3.58. The lowest BCUT2D eigenvalue weighted by Crippen LogP contribution is -2.48. The molecule has 2 atom stereocenters. The number of piperidine rings is 1. The number of rotatable bonds is 3. The fraction of sp³-hybridized carbons (Fsp3) is 0.533. The Bertz CT molecular complexity index is 391. The van der Waals surface area contributed by atoms with E-state index in [0.717, 1.165) is 25.1 Å². The van der Waals surface area contributed by atoms with E-state index in [1.165, 1.54) is 6.42 Å². The minimum absolute atomic E-state index is 0.102. The van der Waals surface area contributed by atoms with Gasteiger partial charge in [-0.3, -0.25) is 4.79 Å². The van der Waals surface area contributed by atoms with Gasteiger partial charge in [-0.2, -0.15) is 0 Å². The number of amides is 1. The molecule has 2 rings (SSSR count). The van der Waals surface area contributed by atoms with E-state index in [1.807, 2.05) is 35.2 Å². The molecule has 1 heterocycles. The second kappa shape index (κ2) is 6.01. The molecule has 0 radical (unpaired) electrons. The van der Waals surface area contributed by atoms with Crippen molar-refractivity contribution in [1.82, 2.24) is 4.90 Å². The van der Waals surface area contributed by atoms with Gasteiger partial charge in [0.25, 0.3) is 0 Å². The minimum atomic E-state index is -0.405. The lowest BCUT2D eigenvalue weighted by Gasteiger charge is -2.32. The van der Waals surface area contributed by atoms with E-state index < -0.39 is 6.04 Å². The van der Waals surface area contributed by atoms with Crippen LogP contribution in [0.2, 0.25) is 0 Å². The summed E-state index contributed by atoms with van der Waals surface area (Å²) in [4.78, 5) is 14.2. The molecule has 1 aromatic rings. The molecule has 98 valence electrons. The molecule has 1 aromatic carbocycles. The van der Waals surface area contributed by atoms with Gasteiger partial charge in [0.15, 0.2) is 0 Å². The molecule has 1 aliphatic heterocycles. The molecule has 1 aliphatic rings. The Balaban J connectivity index is 1.92. The van der Waals surface area contributed by atoms with Crippen LogP contribution in [0.15, 0.2) is 30.3 Å². The summed E-state index contributed by atoms with van der Waals surface area (Å²) in [5.41, 5.74) is 7.16. The second-order valence-electron chi connectivity index (χ2n) is 5.33. The summed E-state index contributed by atoms with van der Waals surface area (Å²) in [7, 11) is 0. The highest BCUT2D eigenvalue weighted by Crippen LogP contribution is 2.16. The standard InChI is InChI=1S/C15H22N2O/c1-12-6-5-9-17(11-12)15(18)14(16)10-13-7-3-2-4-8-13/h2-4,7-8,12,14H,5-6,9-11,16H2,1H3/t12-,14+/m0/s1. The van der Waals surface area contributed by atoms with Crippen LogP contribution >= 0.6 is 0 Å². The van der Waals surface area contributed by atoms with E-state index in [1.54, 1.807) is 0 Å². The van der Waals surface area contributed by atoms with Gasteiger partial charge in [-0.15, -0.1) is 0 Å². The first kappa shape index (κ1) is 13.1. The largest absolute Gasteiger partial charge is 0.341 e. The number of hydrogen-bond acceptors (Lipinski definition) is 2. The summed E-state index contributed by atoms with van der Waals surface area (Å²) in [5, 5.41) is 0. The van der Waals surface area contributed by atoms with Crippen LogP contribution in [0.1, 0.15) is 25.3 Å².